The fourth-order valence-corrected chi connectivity index (χ4v) is 4.88. The first kappa shape index (κ1) is 18.8. The molecule has 8 heteroatoms. The van der Waals surface area contributed by atoms with E-state index in [-0.39, 0.29) is 23.9 Å². The summed E-state index contributed by atoms with van der Waals surface area (Å²) in [6, 6.07) is 0.321. The molecular formula is C21H29N5O3. The van der Waals surface area contributed by atoms with Crippen LogP contribution in [0.15, 0.2) is 17.3 Å². The zero-order valence-electron chi connectivity index (χ0n) is 16.8. The summed E-state index contributed by atoms with van der Waals surface area (Å²) >= 11 is 0. The maximum absolute atomic E-state index is 13.0. The minimum atomic E-state index is -0.987. The van der Waals surface area contributed by atoms with Crippen LogP contribution in [-0.2, 0) is 11.3 Å². The quantitative estimate of drug-likeness (QED) is 0.847. The van der Waals surface area contributed by atoms with Crippen LogP contribution in [0.25, 0.3) is 11.0 Å². The number of hydrogen-bond donors (Lipinski definition) is 1. The zero-order valence-corrected chi connectivity index (χ0v) is 16.8. The van der Waals surface area contributed by atoms with Crippen molar-refractivity contribution in [1.29, 1.82) is 0 Å². The first-order chi connectivity index (χ1) is 14.0. The van der Waals surface area contributed by atoms with Gasteiger partial charge < -0.3 is 10.0 Å². The number of carbonyl (C=O) groups excluding carboxylic acids is 1. The minimum absolute atomic E-state index is 0.151. The van der Waals surface area contributed by atoms with Gasteiger partial charge in [0.25, 0.3) is 5.56 Å². The second kappa shape index (κ2) is 7.23. The molecular weight excluding hydrogens is 370 g/mol. The van der Waals surface area contributed by atoms with E-state index in [0.29, 0.717) is 43.0 Å². The van der Waals surface area contributed by atoms with Crippen molar-refractivity contribution < 1.29 is 9.90 Å². The SMILES string of the molecule is O=C(C1CC1)N1CCC(O)(Cn2cnc3c(cnn3C3CCCCC3)c2=O)CC1. The Balaban J connectivity index is 1.32. The Labute approximate surface area is 169 Å². The molecule has 1 amide bonds. The van der Waals surface area contributed by atoms with Crippen molar-refractivity contribution in [2.75, 3.05) is 13.1 Å². The van der Waals surface area contributed by atoms with E-state index >= 15 is 0 Å². The van der Waals surface area contributed by atoms with E-state index in [1.165, 1.54) is 23.8 Å². The van der Waals surface area contributed by atoms with Gasteiger partial charge in [0.1, 0.15) is 11.7 Å². The molecule has 2 aromatic rings. The summed E-state index contributed by atoms with van der Waals surface area (Å²) < 4.78 is 3.42. The van der Waals surface area contributed by atoms with Crippen LogP contribution in [0.1, 0.15) is 63.8 Å². The van der Waals surface area contributed by atoms with E-state index in [1.807, 2.05) is 9.58 Å². The number of nitrogens with zero attached hydrogens (tertiary/aromatic N) is 5. The maximum atomic E-state index is 13.0. The van der Waals surface area contributed by atoms with Crippen LogP contribution >= 0.6 is 0 Å². The average Bonchev–Trinajstić information content (AvgIpc) is 3.50. The van der Waals surface area contributed by atoms with Crippen LogP contribution in [-0.4, -0.2) is 53.9 Å². The Morgan fingerprint density at radius 1 is 1.14 bits per heavy atom. The summed E-state index contributed by atoms with van der Waals surface area (Å²) in [5.41, 5.74) is -0.490. The van der Waals surface area contributed by atoms with Crippen LogP contribution in [0.2, 0.25) is 0 Å². The molecule has 2 saturated carbocycles. The Kier molecular flexibility index (Phi) is 4.69. The molecule has 3 heterocycles. The van der Waals surface area contributed by atoms with E-state index in [1.54, 1.807) is 12.5 Å². The number of aliphatic hydroxyl groups is 1. The van der Waals surface area contributed by atoms with E-state index < -0.39 is 5.60 Å². The second-order valence-electron chi connectivity index (χ2n) is 9.12. The molecule has 8 nitrogen and oxygen atoms in total. The van der Waals surface area contributed by atoms with Crippen molar-refractivity contribution in [2.24, 2.45) is 5.92 Å². The molecule has 0 aromatic carbocycles. The standard InChI is InChI=1S/C21H29N5O3/c27-19(15-6-7-15)24-10-8-21(29,9-11-24)13-25-14-22-18-17(20(25)28)12-23-26(18)16-4-2-1-3-5-16/h12,14-16,29H,1-11,13H2. The van der Waals surface area contributed by atoms with Gasteiger partial charge in [0.15, 0.2) is 5.65 Å². The zero-order chi connectivity index (χ0) is 20.0. The number of hydrogen-bond acceptors (Lipinski definition) is 5. The molecule has 156 valence electrons. The fraction of sp³-hybridized carbons (Fsp3) is 0.714. The van der Waals surface area contributed by atoms with Gasteiger partial charge >= 0.3 is 0 Å². The number of rotatable bonds is 4. The molecule has 2 aliphatic carbocycles. The van der Waals surface area contributed by atoms with Crippen molar-refractivity contribution in [3.63, 3.8) is 0 Å². The highest BCUT2D eigenvalue weighted by Gasteiger charge is 2.39. The van der Waals surface area contributed by atoms with Gasteiger partial charge in [-0.05, 0) is 38.5 Å². The fourth-order valence-electron chi connectivity index (χ4n) is 4.88. The first-order valence-electron chi connectivity index (χ1n) is 11.0. The topological polar surface area (TPSA) is 93.2 Å². The molecule has 0 spiro atoms. The van der Waals surface area contributed by atoms with Gasteiger partial charge in [-0.2, -0.15) is 5.10 Å². The summed E-state index contributed by atoms with van der Waals surface area (Å²) in [6.07, 6.45) is 11.9. The summed E-state index contributed by atoms with van der Waals surface area (Å²) in [6.45, 7) is 1.31. The van der Waals surface area contributed by atoms with Gasteiger partial charge in [0.2, 0.25) is 5.91 Å². The van der Waals surface area contributed by atoms with Crippen LogP contribution in [0.3, 0.4) is 0 Å². The number of likely N-dealkylation sites (tertiary alicyclic amines) is 1. The van der Waals surface area contributed by atoms with Crippen LogP contribution in [0.5, 0.6) is 0 Å². The molecule has 5 rings (SSSR count). The third kappa shape index (κ3) is 3.58. The van der Waals surface area contributed by atoms with Crippen LogP contribution in [0, 0.1) is 5.92 Å². The Morgan fingerprint density at radius 3 is 2.55 bits per heavy atom. The number of aromatic nitrogens is 4. The lowest BCUT2D eigenvalue weighted by Crippen LogP contribution is -2.50. The minimum Gasteiger partial charge on any atom is -0.388 e. The van der Waals surface area contributed by atoms with Crippen molar-refractivity contribution in [3.8, 4) is 0 Å². The van der Waals surface area contributed by atoms with Crippen molar-refractivity contribution >= 4 is 16.9 Å². The van der Waals surface area contributed by atoms with Crippen molar-refractivity contribution in [3.05, 3.63) is 22.9 Å². The molecule has 0 atom stereocenters. The smallest absolute Gasteiger partial charge is 0.264 e. The molecule has 0 bridgehead atoms. The highest BCUT2D eigenvalue weighted by atomic mass is 16.3. The Bertz CT molecular complexity index is 962. The second-order valence-corrected chi connectivity index (χ2v) is 9.12. The Hall–Kier alpha value is -2.22. The first-order valence-corrected chi connectivity index (χ1v) is 11.0. The van der Waals surface area contributed by atoms with Crippen molar-refractivity contribution in [2.45, 2.75) is 76.0 Å². The predicted octanol–water partition coefficient (Wildman–Crippen LogP) is 1.86. The van der Waals surface area contributed by atoms with Gasteiger partial charge in [-0.3, -0.25) is 14.2 Å². The Morgan fingerprint density at radius 2 is 1.86 bits per heavy atom. The molecule has 3 fully saturated rings. The molecule has 3 aliphatic rings. The molecule has 1 saturated heterocycles. The molecule has 2 aromatic heterocycles. The van der Waals surface area contributed by atoms with Crippen LogP contribution in [0.4, 0.5) is 0 Å². The average molecular weight is 399 g/mol. The number of piperidine rings is 1. The molecule has 1 aliphatic heterocycles. The lowest BCUT2D eigenvalue weighted by Gasteiger charge is -2.38. The summed E-state index contributed by atoms with van der Waals surface area (Å²) in [5, 5.41) is 16.0. The summed E-state index contributed by atoms with van der Waals surface area (Å²) in [5.74, 6) is 0.429. The van der Waals surface area contributed by atoms with Gasteiger partial charge in [-0.1, -0.05) is 19.3 Å². The van der Waals surface area contributed by atoms with Crippen LogP contribution < -0.4 is 5.56 Å². The number of fused-ring (bicyclic) bond motifs is 1. The molecule has 29 heavy (non-hydrogen) atoms. The lowest BCUT2D eigenvalue weighted by atomic mass is 9.91. The van der Waals surface area contributed by atoms with Gasteiger partial charge in [0.05, 0.1) is 24.4 Å². The van der Waals surface area contributed by atoms with Gasteiger partial charge in [-0.25, -0.2) is 9.67 Å². The van der Waals surface area contributed by atoms with E-state index in [4.69, 9.17) is 0 Å². The largest absolute Gasteiger partial charge is 0.388 e. The van der Waals surface area contributed by atoms with Gasteiger partial charge in [-0.15, -0.1) is 0 Å². The summed E-state index contributed by atoms with van der Waals surface area (Å²) in [7, 11) is 0. The van der Waals surface area contributed by atoms with E-state index in [9.17, 15) is 14.7 Å². The lowest BCUT2D eigenvalue weighted by molar-refractivity contribution is -0.137. The third-order valence-electron chi connectivity index (χ3n) is 6.90. The molecule has 0 radical (unpaired) electrons. The van der Waals surface area contributed by atoms with Crippen molar-refractivity contribution in [1.82, 2.24) is 24.2 Å². The summed E-state index contributed by atoms with van der Waals surface area (Å²) in [4.78, 5) is 31.6. The monoisotopic (exact) mass is 399 g/mol. The predicted molar refractivity (Wildman–Crippen MR) is 107 cm³/mol. The normalized spacial score (nSPS) is 22.9. The number of amides is 1. The highest BCUT2D eigenvalue weighted by molar-refractivity contribution is 5.81. The van der Waals surface area contributed by atoms with E-state index in [2.05, 4.69) is 10.1 Å². The molecule has 0 unspecified atom stereocenters. The van der Waals surface area contributed by atoms with Gasteiger partial charge in [0, 0.05) is 19.0 Å². The third-order valence-corrected chi connectivity index (χ3v) is 6.90. The number of carbonyl (C=O) groups is 1. The molecule has 1 N–H and O–H groups in total. The van der Waals surface area contributed by atoms with E-state index in [0.717, 1.165) is 25.7 Å². The highest BCUT2D eigenvalue weighted by Crippen LogP contribution is 2.33. The maximum Gasteiger partial charge on any atom is 0.264 e.